The fourth-order valence-electron chi connectivity index (χ4n) is 13.7. The average Bonchev–Trinajstić information content (AvgIpc) is 4.00. The van der Waals surface area contributed by atoms with Gasteiger partial charge in [-0.2, -0.15) is 0 Å². The van der Waals surface area contributed by atoms with Gasteiger partial charge in [-0.3, -0.25) is 9.59 Å². The van der Waals surface area contributed by atoms with E-state index in [0.29, 0.717) is 82.6 Å². The standard InChI is InChI=1S/C58H66F6N6O4/c1-74-53(40-28-17-29-41(59)52(40)64)54-68-47-31-43(61)45(63)33-49(47)70(54)58(37-22-11-4-12-23-37,56(73)66-39-26-15-6-16-27-39)57(36-20-9-3-10-21-36,55(72)65-38-24-13-5-14-25-38)69-48-32-44(62)42(60)30-46(48)67-51(69)34-50(71)35-18-7-2-8-19-35/h2,7-8,17-19,28-33,36-39,50,53,71H,3-6,9-16,20-27,34H2,1H3,(H,65,72)(H,66,73). The maximum atomic E-state index is 17.5. The molecule has 4 unspecified atom stereocenters. The number of aliphatic hydroxyl groups excluding tert-OH is 1. The van der Waals surface area contributed by atoms with Crippen LogP contribution in [0.4, 0.5) is 26.3 Å². The zero-order valence-corrected chi connectivity index (χ0v) is 42.0. The van der Waals surface area contributed by atoms with Gasteiger partial charge in [0.25, 0.3) is 0 Å². The molecule has 4 aliphatic carbocycles. The second kappa shape index (κ2) is 21.8. The third kappa shape index (κ3) is 9.19. The van der Waals surface area contributed by atoms with Gasteiger partial charge < -0.3 is 29.6 Å². The normalized spacial score (nSPS) is 20.3. The summed E-state index contributed by atoms with van der Waals surface area (Å²) in [6, 6.07) is 15.3. The Morgan fingerprint density at radius 2 is 1.05 bits per heavy atom. The van der Waals surface area contributed by atoms with Crippen LogP contribution in [-0.4, -0.2) is 55.2 Å². The molecule has 394 valence electrons. The van der Waals surface area contributed by atoms with Gasteiger partial charge in [0.2, 0.25) is 11.8 Å². The summed E-state index contributed by atoms with van der Waals surface area (Å²) >= 11 is 0. The molecule has 0 radical (unpaired) electrons. The van der Waals surface area contributed by atoms with Crippen LogP contribution in [-0.2, 0) is 31.8 Å². The zero-order chi connectivity index (χ0) is 51.7. The smallest absolute Gasteiger partial charge is 0.249 e. The number of amides is 2. The molecule has 6 aromatic rings. The van der Waals surface area contributed by atoms with Gasteiger partial charge >= 0.3 is 0 Å². The van der Waals surface area contributed by atoms with Crippen molar-refractivity contribution in [3.8, 4) is 0 Å². The van der Waals surface area contributed by atoms with E-state index in [2.05, 4.69) is 10.6 Å². The maximum absolute atomic E-state index is 17.5. The van der Waals surface area contributed by atoms with Crippen molar-refractivity contribution in [2.24, 2.45) is 11.8 Å². The Balaban J connectivity index is 1.44. The highest BCUT2D eigenvalue weighted by Gasteiger charge is 2.71. The van der Waals surface area contributed by atoms with Crippen LogP contribution in [0.25, 0.3) is 22.1 Å². The number of aliphatic hydroxyl groups is 1. The second-order valence-electron chi connectivity index (χ2n) is 21.4. The van der Waals surface area contributed by atoms with Crippen LogP contribution >= 0.6 is 0 Å². The van der Waals surface area contributed by atoms with Gasteiger partial charge in [-0.25, -0.2) is 36.3 Å². The molecular formula is C58H66F6N6O4. The van der Waals surface area contributed by atoms with Crippen molar-refractivity contribution in [1.82, 2.24) is 29.7 Å². The number of carbonyl (C=O) groups is 2. The van der Waals surface area contributed by atoms with Crippen molar-refractivity contribution >= 4 is 33.9 Å². The summed E-state index contributed by atoms with van der Waals surface area (Å²) < 4.78 is 106. The average molecular weight is 1030 g/mol. The topological polar surface area (TPSA) is 123 Å². The van der Waals surface area contributed by atoms with E-state index in [1.54, 1.807) is 34.9 Å². The minimum absolute atomic E-state index is 0.0307. The van der Waals surface area contributed by atoms with Crippen LogP contribution in [0.5, 0.6) is 0 Å². The number of carbonyl (C=O) groups excluding carboxylic acids is 2. The summed E-state index contributed by atoms with van der Waals surface area (Å²) in [5.74, 6) is -10.7. The number of hydrogen-bond acceptors (Lipinski definition) is 6. The van der Waals surface area contributed by atoms with E-state index in [4.69, 9.17) is 14.7 Å². The molecule has 4 aliphatic rings. The first-order valence-corrected chi connectivity index (χ1v) is 26.9. The van der Waals surface area contributed by atoms with Crippen molar-refractivity contribution in [3.05, 3.63) is 130 Å². The molecule has 4 saturated carbocycles. The number of fused-ring (bicyclic) bond motifs is 2. The van der Waals surface area contributed by atoms with Gasteiger partial charge in [0.15, 0.2) is 46.0 Å². The molecule has 4 fully saturated rings. The van der Waals surface area contributed by atoms with Crippen LogP contribution in [0.2, 0.25) is 0 Å². The highest BCUT2D eigenvalue weighted by Crippen LogP contribution is 2.59. The molecule has 4 aromatic carbocycles. The van der Waals surface area contributed by atoms with Crippen molar-refractivity contribution in [3.63, 3.8) is 0 Å². The minimum atomic E-state index is -2.37. The molecule has 2 amide bonds. The lowest BCUT2D eigenvalue weighted by Crippen LogP contribution is -2.76. The fraction of sp³-hybridized carbons (Fsp3) is 0.517. The molecule has 10 nitrogen and oxygen atoms in total. The molecule has 74 heavy (non-hydrogen) atoms. The third-order valence-electron chi connectivity index (χ3n) is 17.0. The number of nitrogens with zero attached hydrogens (tertiary/aromatic N) is 4. The number of rotatable bonds is 15. The highest BCUT2D eigenvalue weighted by atomic mass is 19.2. The predicted molar refractivity (Wildman–Crippen MR) is 269 cm³/mol. The van der Waals surface area contributed by atoms with Crippen molar-refractivity contribution in [2.45, 2.75) is 170 Å². The number of imidazole rings is 2. The summed E-state index contributed by atoms with van der Waals surface area (Å²) in [4.78, 5) is 45.1. The van der Waals surface area contributed by atoms with Crippen LogP contribution in [0.3, 0.4) is 0 Å². The Kier molecular flexibility index (Phi) is 15.3. The van der Waals surface area contributed by atoms with Crippen LogP contribution in [0, 0.1) is 46.7 Å². The van der Waals surface area contributed by atoms with Crippen LogP contribution in [0.1, 0.15) is 163 Å². The Labute approximate surface area is 427 Å². The zero-order valence-electron chi connectivity index (χ0n) is 42.0. The number of halogens is 6. The number of aromatic nitrogens is 4. The number of hydrogen-bond donors (Lipinski definition) is 3. The Morgan fingerprint density at radius 1 is 0.595 bits per heavy atom. The Morgan fingerprint density at radius 3 is 1.57 bits per heavy atom. The summed E-state index contributed by atoms with van der Waals surface area (Å²) in [5, 5.41) is 19.3. The fourth-order valence-corrected chi connectivity index (χ4v) is 13.7. The molecule has 0 spiro atoms. The largest absolute Gasteiger partial charge is 0.388 e. The van der Waals surface area contributed by atoms with Gasteiger partial charge in [0.1, 0.15) is 17.8 Å². The van der Waals surface area contributed by atoms with Crippen molar-refractivity contribution in [1.29, 1.82) is 0 Å². The third-order valence-corrected chi connectivity index (χ3v) is 17.0. The van der Waals surface area contributed by atoms with E-state index in [-0.39, 0.29) is 45.7 Å². The molecule has 2 aromatic heterocycles. The van der Waals surface area contributed by atoms with Crippen molar-refractivity contribution < 1.29 is 45.8 Å². The molecule has 0 saturated heterocycles. The van der Waals surface area contributed by atoms with Crippen molar-refractivity contribution in [2.75, 3.05) is 7.11 Å². The van der Waals surface area contributed by atoms with E-state index in [9.17, 15) is 5.11 Å². The van der Waals surface area contributed by atoms with E-state index in [1.165, 1.54) is 23.8 Å². The van der Waals surface area contributed by atoms with E-state index >= 15 is 35.9 Å². The minimum Gasteiger partial charge on any atom is -0.388 e. The Hall–Kier alpha value is -5.74. The van der Waals surface area contributed by atoms with E-state index < -0.39 is 93.9 Å². The highest BCUT2D eigenvalue weighted by molar-refractivity contribution is 6.00. The summed E-state index contributed by atoms with van der Waals surface area (Å²) in [6.07, 6.45) is 9.42. The number of benzene rings is 4. The Bertz CT molecular complexity index is 2980. The van der Waals surface area contributed by atoms with Gasteiger partial charge in [-0.1, -0.05) is 120 Å². The monoisotopic (exact) mass is 1020 g/mol. The molecule has 4 atom stereocenters. The summed E-state index contributed by atoms with van der Waals surface area (Å²) in [5.41, 5.74) is -4.88. The molecule has 2 heterocycles. The first kappa shape index (κ1) is 51.7. The first-order valence-electron chi connectivity index (χ1n) is 26.9. The quantitative estimate of drug-likeness (QED) is 0.0881. The lowest BCUT2D eigenvalue weighted by Gasteiger charge is -2.59. The molecule has 3 N–H and O–H groups in total. The molecule has 16 heteroatoms. The molecule has 0 bridgehead atoms. The van der Waals surface area contributed by atoms with E-state index in [1.807, 2.05) is 0 Å². The SMILES string of the molecule is COC(c1cccc(F)c1F)c1nc2cc(F)c(F)cc2n1C(C(=O)NC1CCCCC1)(C1CCCCC1)C(C(=O)NC1CCCCC1)(C1CCCCC1)n1c(CC(O)c2ccccc2)nc2cc(F)c(F)cc21. The van der Waals surface area contributed by atoms with Gasteiger partial charge in [-0.15, -0.1) is 0 Å². The molecule has 0 aliphatic heterocycles. The lowest BCUT2D eigenvalue weighted by atomic mass is 9.55. The van der Waals surface area contributed by atoms with Gasteiger partial charge in [0, 0.05) is 55.4 Å². The number of nitrogens with one attached hydrogen (secondary N) is 2. The predicted octanol–water partition coefficient (Wildman–Crippen LogP) is 12.4. The van der Waals surface area contributed by atoms with Crippen LogP contribution < -0.4 is 10.6 Å². The van der Waals surface area contributed by atoms with E-state index in [0.717, 1.165) is 81.7 Å². The number of methoxy groups -OCH3 is 1. The lowest BCUT2D eigenvalue weighted by molar-refractivity contribution is -0.164. The molecular weight excluding hydrogens is 959 g/mol. The maximum Gasteiger partial charge on any atom is 0.249 e. The van der Waals surface area contributed by atoms with Crippen LogP contribution in [0.15, 0.2) is 72.8 Å². The summed E-state index contributed by atoms with van der Waals surface area (Å²) in [7, 11) is 1.26. The van der Waals surface area contributed by atoms with Gasteiger partial charge in [0.05, 0.1) is 28.2 Å². The second-order valence-corrected chi connectivity index (χ2v) is 21.4. The van der Waals surface area contributed by atoms with Gasteiger partial charge in [-0.05, 0) is 74.8 Å². The number of ether oxygens (including phenoxy) is 1. The molecule has 10 rings (SSSR count). The summed E-state index contributed by atoms with van der Waals surface area (Å²) in [6.45, 7) is 0. The first-order chi connectivity index (χ1) is 35.9.